The van der Waals surface area contributed by atoms with E-state index < -0.39 is 0 Å². The standard InChI is InChI=1S/C79H88.C24H32/c1-14-77(15-2)68-19-17-16-18-60(68)64-30-23-56(45-72(64)77)59-26-33-67-66-32-25-58(47-74(66)79(75(67)48-59,40-36-51(7)8)41-37-52(9)10)55-22-29-62-61-28-21-54(43-69(61)76(12,13)70(62)44-55)57-24-31-65-63-27-20-53(11)42-71(63)78(73(65)46-57,38-34-49(3)4)39-35-50(5)6;1-17(2)12-14-24(15-13-18(3)4)22-9-7-6-8-20(22)21-11-10-19(5)16-23(21)24/h16-33,42-52H,14-15,34-41H2,1-13H3;6-11,16-18H,12-15H2,1-5H3. The van der Waals surface area contributed by atoms with Gasteiger partial charge < -0.3 is 0 Å². The largest absolute Gasteiger partial charge is 0.0642 e. The van der Waals surface area contributed by atoms with Crippen LogP contribution in [-0.2, 0) is 27.1 Å². The van der Waals surface area contributed by atoms with E-state index in [1.54, 1.807) is 27.8 Å². The molecule has 0 saturated heterocycles. The van der Waals surface area contributed by atoms with E-state index >= 15 is 0 Å². The van der Waals surface area contributed by atoms with E-state index in [4.69, 9.17) is 0 Å². The molecule has 0 atom stereocenters. The highest BCUT2D eigenvalue weighted by molar-refractivity contribution is 5.92. The molecule has 0 spiro atoms. The fraction of sp³-hybridized carbons (Fsp3) is 0.417. The monoisotopic (exact) mass is 1360 g/mol. The second-order valence-electron chi connectivity index (χ2n) is 36.0. The van der Waals surface area contributed by atoms with Crippen molar-refractivity contribution in [2.75, 3.05) is 0 Å². The van der Waals surface area contributed by atoms with Crippen molar-refractivity contribution >= 4 is 0 Å². The molecule has 0 radical (unpaired) electrons. The van der Waals surface area contributed by atoms with Crippen LogP contribution >= 0.6 is 0 Å². The van der Waals surface area contributed by atoms with E-state index in [0.29, 0.717) is 23.7 Å². The molecular formula is C103H120. The van der Waals surface area contributed by atoms with Crippen LogP contribution in [-0.4, -0.2) is 0 Å². The molecule has 5 aliphatic carbocycles. The van der Waals surface area contributed by atoms with Gasteiger partial charge in [-0.1, -0.05) is 280 Å². The van der Waals surface area contributed by atoms with Crippen molar-refractivity contribution in [1.82, 2.24) is 0 Å². The predicted octanol–water partition coefficient (Wildman–Crippen LogP) is 29.8. The van der Waals surface area contributed by atoms with Crippen LogP contribution in [0.2, 0.25) is 0 Å². The molecule has 0 aromatic heterocycles. The van der Waals surface area contributed by atoms with Crippen molar-refractivity contribution in [1.29, 1.82) is 0 Å². The lowest BCUT2D eigenvalue weighted by molar-refractivity contribution is 0.364. The van der Waals surface area contributed by atoms with Crippen LogP contribution in [0.15, 0.2) is 194 Å². The Morgan fingerprint density at radius 3 is 0.699 bits per heavy atom. The average molecular weight is 1360 g/mol. The summed E-state index contributed by atoms with van der Waals surface area (Å²) in [6.45, 7) is 42.9. The average Bonchev–Trinajstić information content (AvgIpc) is 1.58. The zero-order valence-corrected chi connectivity index (χ0v) is 66.3. The van der Waals surface area contributed by atoms with Gasteiger partial charge in [-0.3, -0.25) is 0 Å². The van der Waals surface area contributed by atoms with Gasteiger partial charge in [-0.2, -0.15) is 0 Å². The molecule has 532 valence electrons. The molecule has 0 bridgehead atoms. The van der Waals surface area contributed by atoms with E-state index in [-0.39, 0.29) is 27.1 Å². The van der Waals surface area contributed by atoms with Crippen molar-refractivity contribution in [2.24, 2.45) is 35.5 Å². The zero-order chi connectivity index (χ0) is 72.7. The number of benzene rings is 10. The maximum Gasteiger partial charge on any atom is 0.0215 e. The van der Waals surface area contributed by atoms with Gasteiger partial charge in [0.25, 0.3) is 0 Å². The second kappa shape index (κ2) is 28.2. The van der Waals surface area contributed by atoms with Gasteiger partial charge >= 0.3 is 0 Å². The van der Waals surface area contributed by atoms with Crippen molar-refractivity contribution in [3.8, 4) is 89.0 Å². The normalized spacial score (nSPS) is 15.8. The maximum absolute atomic E-state index is 2.64. The van der Waals surface area contributed by atoms with Gasteiger partial charge in [-0.05, 0) is 320 Å². The van der Waals surface area contributed by atoms with Crippen LogP contribution in [0.5, 0.6) is 0 Å². The summed E-state index contributed by atoms with van der Waals surface area (Å²) in [4.78, 5) is 0. The predicted molar refractivity (Wildman–Crippen MR) is 446 cm³/mol. The summed E-state index contributed by atoms with van der Waals surface area (Å²) in [6.07, 6.45) is 16.9. The van der Waals surface area contributed by atoms with E-state index in [2.05, 4.69) is 319 Å². The molecule has 0 amide bonds. The summed E-state index contributed by atoms with van der Waals surface area (Å²) in [7, 11) is 0. The molecule has 5 aliphatic rings. The molecular weight excluding hydrogens is 1240 g/mol. The number of fused-ring (bicyclic) bond motifs is 15. The summed E-state index contributed by atoms with van der Waals surface area (Å²) in [5, 5.41) is 0. The molecule has 0 N–H and O–H groups in total. The van der Waals surface area contributed by atoms with Crippen molar-refractivity contribution < 1.29 is 0 Å². The van der Waals surface area contributed by atoms with Crippen molar-refractivity contribution in [2.45, 2.75) is 242 Å². The SMILES string of the molecule is CCC1(CC)c2ccccc2-c2ccc(-c3ccc4c(c3)C(CCC(C)C)(CCC(C)C)c3cc(-c5ccc6c(c5)C(C)(C)c5cc(-c7ccc8c(c7)C(CCC(C)C)(CCC(C)C)c7cc(C)ccc7-8)ccc5-6)ccc3-4)cc21.Cc1ccc2c(c1)C(CCC(C)C)(CCC(C)C)c1ccccc1-2. The minimum Gasteiger partial charge on any atom is -0.0642 e. The third kappa shape index (κ3) is 12.6. The van der Waals surface area contributed by atoms with Gasteiger partial charge in [0.1, 0.15) is 0 Å². The summed E-state index contributed by atoms with van der Waals surface area (Å²) in [5.41, 5.74) is 40.4. The number of rotatable bonds is 23. The molecule has 0 aliphatic heterocycles. The van der Waals surface area contributed by atoms with Gasteiger partial charge in [0.05, 0.1) is 0 Å². The molecule has 0 heterocycles. The van der Waals surface area contributed by atoms with Gasteiger partial charge in [0.2, 0.25) is 0 Å². The zero-order valence-electron chi connectivity index (χ0n) is 66.3. The molecule has 0 heteroatoms. The van der Waals surface area contributed by atoms with E-state index in [1.165, 1.54) is 192 Å². The van der Waals surface area contributed by atoms with Gasteiger partial charge in [-0.25, -0.2) is 0 Å². The number of hydrogen-bond acceptors (Lipinski definition) is 0. The fourth-order valence-corrected chi connectivity index (χ4v) is 20.2. The minimum atomic E-state index is -0.157. The Morgan fingerprint density at radius 1 is 0.223 bits per heavy atom. The smallest absolute Gasteiger partial charge is 0.0215 e. The first-order chi connectivity index (χ1) is 49.4. The first kappa shape index (κ1) is 72.2. The Kier molecular flexibility index (Phi) is 19.8. The molecule has 103 heavy (non-hydrogen) atoms. The lowest BCUT2D eigenvalue weighted by Crippen LogP contribution is -2.27. The molecule has 15 rings (SSSR count). The van der Waals surface area contributed by atoms with Crippen LogP contribution in [0.1, 0.15) is 267 Å². The minimum absolute atomic E-state index is 0.0308. The van der Waals surface area contributed by atoms with Gasteiger partial charge in [-0.15, -0.1) is 0 Å². The van der Waals surface area contributed by atoms with Crippen LogP contribution in [0.3, 0.4) is 0 Å². The van der Waals surface area contributed by atoms with E-state index in [0.717, 1.165) is 37.5 Å². The van der Waals surface area contributed by atoms with Crippen molar-refractivity contribution in [3.63, 3.8) is 0 Å². The van der Waals surface area contributed by atoms with E-state index in [9.17, 15) is 0 Å². The topological polar surface area (TPSA) is 0 Å². The van der Waals surface area contributed by atoms with Gasteiger partial charge in [0.15, 0.2) is 0 Å². The Hall–Kier alpha value is -7.80. The Morgan fingerprint density at radius 2 is 0.427 bits per heavy atom. The molecule has 0 nitrogen and oxygen atoms in total. The first-order valence-electron chi connectivity index (χ1n) is 40.7. The second-order valence-corrected chi connectivity index (χ2v) is 36.0. The molecule has 10 aromatic rings. The third-order valence-corrected chi connectivity index (χ3v) is 26.3. The Balaban J connectivity index is 0.000000315. The Bertz CT molecular complexity index is 4770. The number of hydrogen-bond donors (Lipinski definition) is 0. The summed E-state index contributed by atoms with van der Waals surface area (Å²) >= 11 is 0. The van der Waals surface area contributed by atoms with Gasteiger partial charge in [0, 0.05) is 27.1 Å². The van der Waals surface area contributed by atoms with E-state index in [1.807, 2.05) is 0 Å². The summed E-state index contributed by atoms with van der Waals surface area (Å²) < 4.78 is 0. The Labute approximate surface area is 623 Å². The molecule has 0 saturated carbocycles. The van der Waals surface area contributed by atoms with Crippen molar-refractivity contribution in [3.05, 3.63) is 261 Å². The lowest BCUT2D eigenvalue weighted by atomic mass is 9.69. The van der Waals surface area contributed by atoms with Crippen LogP contribution < -0.4 is 0 Å². The highest BCUT2D eigenvalue weighted by atomic mass is 14.5. The first-order valence-corrected chi connectivity index (χ1v) is 40.7. The lowest BCUT2D eigenvalue weighted by Gasteiger charge is -2.34. The summed E-state index contributed by atoms with van der Waals surface area (Å²) in [5.74, 6) is 4.06. The van der Waals surface area contributed by atoms with Crippen LogP contribution in [0, 0.1) is 49.4 Å². The quantitative estimate of drug-likeness (QED) is 0.0599. The van der Waals surface area contributed by atoms with Crippen LogP contribution in [0.4, 0.5) is 0 Å². The highest BCUT2D eigenvalue weighted by Gasteiger charge is 2.47. The summed E-state index contributed by atoms with van der Waals surface area (Å²) in [6, 6.07) is 77.6. The fourth-order valence-electron chi connectivity index (χ4n) is 20.2. The molecule has 10 aromatic carbocycles. The van der Waals surface area contributed by atoms with Crippen LogP contribution in [0.25, 0.3) is 89.0 Å². The number of aryl methyl sites for hydroxylation is 2. The molecule has 0 fully saturated rings. The molecule has 0 unspecified atom stereocenters. The maximum atomic E-state index is 2.64. The third-order valence-electron chi connectivity index (χ3n) is 26.3. The highest BCUT2D eigenvalue weighted by Crippen LogP contribution is 2.61.